The molecule has 9 aromatic carbocycles. The quantitative estimate of drug-likeness (QED) is 0.128. The number of aryl methyl sites for hydroxylation is 2. The summed E-state index contributed by atoms with van der Waals surface area (Å²) in [5.41, 5.74) is 20.2. The minimum atomic E-state index is 0.331. The molecule has 0 heterocycles. The lowest BCUT2D eigenvalue weighted by Crippen LogP contribution is -2.20. The Morgan fingerprint density at radius 1 is 0.308 bits per heavy atom. The Labute approximate surface area is 384 Å². The zero-order valence-corrected chi connectivity index (χ0v) is 37.2. The predicted molar refractivity (Wildman–Crippen MR) is 276 cm³/mol. The highest BCUT2D eigenvalue weighted by Crippen LogP contribution is 2.41. The fraction of sp³-hybridized carbons (Fsp3) is 0.0794. The molecular formula is C63H52N2. The van der Waals surface area contributed by atoms with Crippen LogP contribution in [0.5, 0.6) is 0 Å². The first kappa shape index (κ1) is 41.1. The van der Waals surface area contributed by atoms with E-state index in [1.807, 2.05) is 0 Å². The highest BCUT2D eigenvalue weighted by atomic mass is 15.1. The topological polar surface area (TPSA) is 6.48 Å². The average Bonchev–Trinajstić information content (AvgIpc) is 3.36. The number of rotatable bonds is 11. The van der Waals surface area contributed by atoms with E-state index in [0.717, 1.165) is 28.4 Å². The Balaban J connectivity index is 0.956. The van der Waals surface area contributed by atoms with Crippen LogP contribution in [0.3, 0.4) is 0 Å². The van der Waals surface area contributed by atoms with Gasteiger partial charge in [0.1, 0.15) is 0 Å². The van der Waals surface area contributed by atoms with E-state index in [1.54, 1.807) is 0 Å². The standard InChI is InChI=1S/C63H52N2/c1-45-14-18-49(19-15-45)52-24-34-58(35-25-52)64(57-32-22-51(23-33-57)48-10-6-4-7-11-48)59-36-26-54(27-37-59)55-30-40-61(41-31-55)65(60-38-28-53(29-39-60)50-20-16-46(2)17-21-50)62-42-43-63(47(3)44-62)56-12-8-5-9-13-56/h4-44,47,63H,1-3H3. The zero-order valence-electron chi connectivity index (χ0n) is 37.2. The minimum Gasteiger partial charge on any atom is -0.311 e. The van der Waals surface area contributed by atoms with Crippen molar-refractivity contribution in [2.45, 2.75) is 26.7 Å². The van der Waals surface area contributed by atoms with E-state index in [1.165, 1.54) is 66.9 Å². The Morgan fingerprint density at radius 3 is 0.938 bits per heavy atom. The molecular weight excluding hydrogens is 785 g/mol. The summed E-state index contributed by atoms with van der Waals surface area (Å²) in [7, 11) is 0. The first-order valence-electron chi connectivity index (χ1n) is 22.7. The van der Waals surface area contributed by atoms with Crippen LogP contribution in [0.25, 0.3) is 44.5 Å². The molecule has 10 rings (SSSR count). The molecule has 0 bridgehead atoms. The highest BCUT2D eigenvalue weighted by molar-refractivity contribution is 5.82. The van der Waals surface area contributed by atoms with Gasteiger partial charge in [-0.2, -0.15) is 0 Å². The van der Waals surface area contributed by atoms with Crippen molar-refractivity contribution >= 4 is 28.4 Å². The van der Waals surface area contributed by atoms with E-state index in [0.29, 0.717) is 11.8 Å². The van der Waals surface area contributed by atoms with Gasteiger partial charge in [-0.05, 0) is 137 Å². The normalized spacial score (nSPS) is 14.4. The van der Waals surface area contributed by atoms with E-state index >= 15 is 0 Å². The third-order valence-electron chi connectivity index (χ3n) is 12.8. The third kappa shape index (κ3) is 8.98. The molecule has 0 aromatic heterocycles. The van der Waals surface area contributed by atoms with Crippen LogP contribution < -0.4 is 9.80 Å². The lowest BCUT2D eigenvalue weighted by Gasteiger charge is -2.31. The van der Waals surface area contributed by atoms with Crippen molar-refractivity contribution in [1.29, 1.82) is 0 Å². The van der Waals surface area contributed by atoms with Crippen LogP contribution in [0, 0.1) is 19.8 Å². The number of hydrogen-bond acceptors (Lipinski definition) is 2. The third-order valence-corrected chi connectivity index (χ3v) is 12.8. The molecule has 2 heteroatoms. The summed E-state index contributed by atoms with van der Waals surface area (Å²) in [5.74, 6) is 0.663. The second kappa shape index (κ2) is 18.4. The lowest BCUT2D eigenvalue weighted by molar-refractivity contribution is 0.628. The summed E-state index contributed by atoms with van der Waals surface area (Å²) in [6, 6.07) is 83.7. The van der Waals surface area contributed by atoms with Crippen molar-refractivity contribution in [3.05, 3.63) is 271 Å². The van der Waals surface area contributed by atoms with E-state index in [9.17, 15) is 0 Å². The summed E-state index contributed by atoms with van der Waals surface area (Å²) in [5, 5.41) is 0. The molecule has 9 aromatic rings. The monoisotopic (exact) mass is 836 g/mol. The molecule has 2 atom stereocenters. The van der Waals surface area contributed by atoms with Gasteiger partial charge in [-0.3, -0.25) is 0 Å². The average molecular weight is 837 g/mol. The van der Waals surface area contributed by atoms with Crippen molar-refractivity contribution < 1.29 is 0 Å². The van der Waals surface area contributed by atoms with Gasteiger partial charge >= 0.3 is 0 Å². The summed E-state index contributed by atoms with van der Waals surface area (Å²) < 4.78 is 0. The molecule has 0 spiro atoms. The molecule has 65 heavy (non-hydrogen) atoms. The van der Waals surface area contributed by atoms with Gasteiger partial charge in [0.15, 0.2) is 0 Å². The maximum atomic E-state index is 2.43. The summed E-state index contributed by atoms with van der Waals surface area (Å²) in [4.78, 5) is 4.74. The van der Waals surface area contributed by atoms with Crippen LogP contribution in [-0.2, 0) is 0 Å². The van der Waals surface area contributed by atoms with Crippen LogP contribution in [0.2, 0.25) is 0 Å². The number of hydrogen-bond donors (Lipinski definition) is 0. The maximum Gasteiger partial charge on any atom is 0.0462 e. The predicted octanol–water partition coefficient (Wildman–Crippen LogP) is 17.5. The van der Waals surface area contributed by atoms with Gasteiger partial charge in [0, 0.05) is 40.1 Å². The maximum absolute atomic E-state index is 2.43. The Bertz CT molecular complexity index is 3040. The first-order valence-corrected chi connectivity index (χ1v) is 22.7. The minimum absolute atomic E-state index is 0.331. The summed E-state index contributed by atoms with van der Waals surface area (Å²) in [6.45, 7) is 6.59. The van der Waals surface area contributed by atoms with Crippen LogP contribution in [-0.4, -0.2) is 0 Å². The molecule has 0 N–H and O–H groups in total. The van der Waals surface area contributed by atoms with Gasteiger partial charge in [0.05, 0.1) is 0 Å². The highest BCUT2D eigenvalue weighted by Gasteiger charge is 2.23. The van der Waals surface area contributed by atoms with Crippen molar-refractivity contribution in [1.82, 2.24) is 0 Å². The van der Waals surface area contributed by atoms with Crippen LogP contribution in [0.1, 0.15) is 29.5 Å². The molecule has 1 aliphatic carbocycles. The molecule has 0 aliphatic heterocycles. The van der Waals surface area contributed by atoms with E-state index in [2.05, 4.69) is 279 Å². The molecule has 0 saturated heterocycles. The van der Waals surface area contributed by atoms with E-state index < -0.39 is 0 Å². The van der Waals surface area contributed by atoms with E-state index in [-0.39, 0.29) is 0 Å². The second-order valence-electron chi connectivity index (χ2n) is 17.2. The summed E-state index contributed by atoms with van der Waals surface area (Å²) in [6.07, 6.45) is 7.10. The lowest BCUT2D eigenvalue weighted by atomic mass is 9.83. The number of benzene rings is 9. The van der Waals surface area contributed by atoms with Crippen molar-refractivity contribution in [3.8, 4) is 44.5 Å². The van der Waals surface area contributed by atoms with Gasteiger partial charge in [-0.15, -0.1) is 0 Å². The summed E-state index contributed by atoms with van der Waals surface area (Å²) >= 11 is 0. The molecule has 2 nitrogen and oxygen atoms in total. The van der Waals surface area contributed by atoms with Crippen molar-refractivity contribution in [3.63, 3.8) is 0 Å². The molecule has 0 fully saturated rings. The van der Waals surface area contributed by atoms with Gasteiger partial charge < -0.3 is 9.80 Å². The first-order chi connectivity index (χ1) is 31.9. The smallest absolute Gasteiger partial charge is 0.0462 e. The molecule has 314 valence electrons. The Kier molecular flexibility index (Phi) is 11.6. The molecule has 0 amide bonds. The number of anilines is 5. The Hall–Kier alpha value is -7.94. The van der Waals surface area contributed by atoms with E-state index in [4.69, 9.17) is 0 Å². The zero-order chi connectivity index (χ0) is 44.1. The van der Waals surface area contributed by atoms with Crippen LogP contribution in [0.15, 0.2) is 254 Å². The fourth-order valence-corrected chi connectivity index (χ4v) is 9.08. The molecule has 0 saturated carbocycles. The van der Waals surface area contributed by atoms with Crippen LogP contribution in [0.4, 0.5) is 28.4 Å². The van der Waals surface area contributed by atoms with Gasteiger partial charge in [0.25, 0.3) is 0 Å². The van der Waals surface area contributed by atoms with Crippen molar-refractivity contribution in [2.24, 2.45) is 5.92 Å². The van der Waals surface area contributed by atoms with Gasteiger partial charge in [-0.1, -0.05) is 200 Å². The second-order valence-corrected chi connectivity index (χ2v) is 17.2. The number of nitrogens with zero attached hydrogens (tertiary/aromatic N) is 2. The Morgan fingerprint density at radius 2 is 0.600 bits per heavy atom. The number of allylic oxidation sites excluding steroid dienone is 3. The van der Waals surface area contributed by atoms with Crippen LogP contribution >= 0.6 is 0 Å². The molecule has 2 unspecified atom stereocenters. The molecule has 1 aliphatic rings. The molecule has 0 radical (unpaired) electrons. The SMILES string of the molecule is Cc1ccc(-c2ccc(N(C3=CC(C)C(c4ccccc4)C=C3)c3ccc(-c4ccc(N(c5ccc(-c6ccccc6)cc5)c5ccc(-c6ccc(C)cc6)cc5)cc4)cc3)cc2)cc1. The van der Waals surface area contributed by atoms with Gasteiger partial charge in [-0.25, -0.2) is 0 Å². The largest absolute Gasteiger partial charge is 0.311 e. The fourth-order valence-electron chi connectivity index (χ4n) is 9.08. The van der Waals surface area contributed by atoms with Gasteiger partial charge in [0.2, 0.25) is 0 Å². The van der Waals surface area contributed by atoms with Crippen molar-refractivity contribution in [2.75, 3.05) is 9.80 Å².